The van der Waals surface area contributed by atoms with Crippen molar-refractivity contribution in [1.29, 1.82) is 0 Å². The zero-order chi connectivity index (χ0) is 20.9. The molecule has 10 nitrogen and oxygen atoms in total. The van der Waals surface area contributed by atoms with E-state index in [4.69, 9.17) is 9.73 Å². The molecule has 1 atom stereocenters. The van der Waals surface area contributed by atoms with E-state index >= 15 is 0 Å². The molecular weight excluding hydrogens is 384 g/mol. The van der Waals surface area contributed by atoms with Crippen molar-refractivity contribution in [3.63, 3.8) is 0 Å². The summed E-state index contributed by atoms with van der Waals surface area (Å²) >= 11 is 0. The van der Waals surface area contributed by atoms with Gasteiger partial charge in [-0.25, -0.2) is 4.99 Å². The molecule has 0 radical (unpaired) electrons. The first-order valence-electron chi connectivity index (χ1n) is 11.1. The fourth-order valence-electron chi connectivity index (χ4n) is 3.83. The molecule has 10 heteroatoms. The zero-order valence-corrected chi connectivity index (χ0v) is 18.1. The van der Waals surface area contributed by atoms with E-state index in [1.165, 1.54) is 0 Å². The Balaban J connectivity index is 1.33. The number of carbonyl (C=O) groups is 1. The predicted molar refractivity (Wildman–Crippen MR) is 113 cm³/mol. The number of ether oxygens (including phenoxy) is 1. The smallest absolute Gasteiger partial charge is 0.234 e. The minimum Gasteiger partial charge on any atom is -0.376 e. The second-order valence-electron chi connectivity index (χ2n) is 8.48. The van der Waals surface area contributed by atoms with E-state index in [1.54, 1.807) is 0 Å². The van der Waals surface area contributed by atoms with Gasteiger partial charge in [0.1, 0.15) is 12.4 Å². The lowest BCUT2D eigenvalue weighted by Gasteiger charge is -2.36. The van der Waals surface area contributed by atoms with Crippen LogP contribution in [0.2, 0.25) is 0 Å². The predicted octanol–water partition coefficient (Wildman–Crippen LogP) is -0.356. The summed E-state index contributed by atoms with van der Waals surface area (Å²) in [6, 6.07) is 0.420. The molecule has 2 saturated heterocycles. The molecule has 1 aliphatic carbocycles. The van der Waals surface area contributed by atoms with E-state index in [0.717, 1.165) is 82.6 Å². The number of aliphatic imine (C=N–C) groups is 1. The first kappa shape index (κ1) is 21.0. The van der Waals surface area contributed by atoms with E-state index in [2.05, 4.69) is 30.6 Å². The quantitative estimate of drug-likeness (QED) is 0.461. The third-order valence-electron chi connectivity index (χ3n) is 6.05. The van der Waals surface area contributed by atoms with Gasteiger partial charge in [-0.3, -0.25) is 9.69 Å². The maximum absolute atomic E-state index is 12.1. The van der Waals surface area contributed by atoms with E-state index < -0.39 is 0 Å². The SMILES string of the molecule is Cc1nnc(CN=C(NCC2CCCO2)N2CCN(CC(=O)NC3CC3)CC2)n1C. The number of aromatic nitrogens is 3. The highest BCUT2D eigenvalue weighted by molar-refractivity contribution is 5.80. The highest BCUT2D eigenvalue weighted by Crippen LogP contribution is 2.18. The van der Waals surface area contributed by atoms with Crippen LogP contribution in [-0.4, -0.2) is 94.5 Å². The summed E-state index contributed by atoms with van der Waals surface area (Å²) in [5.41, 5.74) is 0. The number of hydrogen-bond donors (Lipinski definition) is 2. The molecular formula is C20H34N8O2. The number of nitrogens with one attached hydrogen (secondary N) is 2. The number of hydrogen-bond acceptors (Lipinski definition) is 6. The summed E-state index contributed by atoms with van der Waals surface area (Å²) in [6.45, 7) is 7.89. The lowest BCUT2D eigenvalue weighted by Crippen LogP contribution is -2.54. The summed E-state index contributed by atoms with van der Waals surface area (Å²) in [5, 5.41) is 14.9. The van der Waals surface area contributed by atoms with Gasteiger partial charge in [-0.2, -0.15) is 0 Å². The Morgan fingerprint density at radius 3 is 2.63 bits per heavy atom. The molecule has 0 bridgehead atoms. The fraction of sp³-hybridized carbons (Fsp3) is 0.800. The molecule has 0 aromatic carbocycles. The van der Waals surface area contributed by atoms with Crippen molar-refractivity contribution >= 4 is 11.9 Å². The molecule has 2 aliphatic heterocycles. The molecule has 1 unspecified atom stereocenters. The van der Waals surface area contributed by atoms with Crippen molar-refractivity contribution in [2.45, 2.75) is 51.3 Å². The lowest BCUT2D eigenvalue weighted by atomic mass is 10.2. The second kappa shape index (κ2) is 9.74. The van der Waals surface area contributed by atoms with Gasteiger partial charge in [0.2, 0.25) is 5.91 Å². The van der Waals surface area contributed by atoms with Gasteiger partial charge in [-0.1, -0.05) is 0 Å². The number of amides is 1. The zero-order valence-electron chi connectivity index (χ0n) is 18.1. The topological polar surface area (TPSA) is 99.9 Å². The van der Waals surface area contributed by atoms with Gasteiger partial charge in [-0.05, 0) is 32.6 Å². The van der Waals surface area contributed by atoms with Gasteiger partial charge >= 0.3 is 0 Å². The monoisotopic (exact) mass is 418 g/mol. The number of piperazine rings is 1. The van der Waals surface area contributed by atoms with Crippen LogP contribution in [-0.2, 0) is 23.1 Å². The van der Waals surface area contributed by atoms with Crippen LogP contribution >= 0.6 is 0 Å². The third kappa shape index (κ3) is 5.69. The van der Waals surface area contributed by atoms with Crippen molar-refractivity contribution in [2.24, 2.45) is 12.0 Å². The molecule has 1 saturated carbocycles. The van der Waals surface area contributed by atoms with Crippen LogP contribution in [0.25, 0.3) is 0 Å². The average molecular weight is 419 g/mol. The number of guanidine groups is 1. The minimum absolute atomic E-state index is 0.147. The standard InChI is InChI=1S/C20H34N8O2/c1-15-24-25-18(26(15)2)13-22-20(21-12-17-4-3-11-30-17)28-9-7-27(8-10-28)14-19(29)23-16-5-6-16/h16-17H,3-14H2,1-2H3,(H,21,22)(H,23,29). The van der Waals surface area contributed by atoms with Crippen LogP contribution in [0, 0.1) is 6.92 Å². The summed E-state index contributed by atoms with van der Waals surface area (Å²) in [4.78, 5) is 21.4. The van der Waals surface area contributed by atoms with Crippen LogP contribution in [0.4, 0.5) is 0 Å². The summed E-state index contributed by atoms with van der Waals surface area (Å²) in [5.74, 6) is 2.76. The molecule has 3 fully saturated rings. The van der Waals surface area contributed by atoms with E-state index in [0.29, 0.717) is 19.1 Å². The molecule has 0 spiro atoms. The summed E-state index contributed by atoms with van der Waals surface area (Å²) in [6.07, 6.45) is 4.71. The van der Waals surface area contributed by atoms with Crippen LogP contribution in [0.3, 0.4) is 0 Å². The van der Waals surface area contributed by atoms with Crippen molar-refractivity contribution in [1.82, 2.24) is 35.2 Å². The average Bonchev–Trinajstić information content (AvgIpc) is 3.28. The molecule has 1 aromatic rings. The Kier molecular flexibility index (Phi) is 6.83. The Hall–Kier alpha value is -2.20. The summed E-state index contributed by atoms with van der Waals surface area (Å²) in [7, 11) is 1.96. The third-order valence-corrected chi connectivity index (χ3v) is 6.05. The molecule has 30 heavy (non-hydrogen) atoms. The highest BCUT2D eigenvalue weighted by Gasteiger charge is 2.26. The molecule has 3 heterocycles. The Bertz CT molecular complexity index is 746. The maximum Gasteiger partial charge on any atom is 0.234 e. The molecule has 3 aliphatic rings. The van der Waals surface area contributed by atoms with Gasteiger partial charge in [0.15, 0.2) is 11.8 Å². The number of aryl methyl sites for hydroxylation is 1. The van der Waals surface area contributed by atoms with Crippen LogP contribution in [0.5, 0.6) is 0 Å². The molecule has 2 N–H and O–H groups in total. The highest BCUT2D eigenvalue weighted by atomic mass is 16.5. The number of rotatable bonds is 7. The van der Waals surface area contributed by atoms with Crippen molar-refractivity contribution in [2.75, 3.05) is 45.9 Å². The van der Waals surface area contributed by atoms with Crippen LogP contribution in [0.15, 0.2) is 4.99 Å². The first-order chi connectivity index (χ1) is 14.6. The van der Waals surface area contributed by atoms with Gasteiger partial charge in [0.05, 0.1) is 12.6 Å². The van der Waals surface area contributed by atoms with Gasteiger partial charge in [-0.15, -0.1) is 10.2 Å². The Morgan fingerprint density at radius 1 is 1.20 bits per heavy atom. The molecule has 4 rings (SSSR count). The Labute approximate surface area is 178 Å². The normalized spacial score (nSPS) is 23.1. The Morgan fingerprint density at radius 2 is 2.00 bits per heavy atom. The molecule has 1 aromatic heterocycles. The van der Waals surface area contributed by atoms with Gasteiger partial charge < -0.3 is 24.8 Å². The van der Waals surface area contributed by atoms with E-state index in [1.807, 2.05) is 18.5 Å². The maximum atomic E-state index is 12.1. The van der Waals surface area contributed by atoms with Crippen molar-refractivity contribution < 1.29 is 9.53 Å². The lowest BCUT2D eigenvalue weighted by molar-refractivity contribution is -0.122. The second-order valence-corrected chi connectivity index (χ2v) is 8.48. The van der Waals surface area contributed by atoms with Gasteiger partial charge in [0, 0.05) is 52.4 Å². The van der Waals surface area contributed by atoms with E-state index in [9.17, 15) is 4.79 Å². The van der Waals surface area contributed by atoms with E-state index in [-0.39, 0.29) is 12.0 Å². The van der Waals surface area contributed by atoms with Crippen molar-refractivity contribution in [3.05, 3.63) is 11.6 Å². The van der Waals surface area contributed by atoms with Crippen LogP contribution < -0.4 is 10.6 Å². The van der Waals surface area contributed by atoms with Crippen molar-refractivity contribution in [3.8, 4) is 0 Å². The number of carbonyl (C=O) groups excluding carboxylic acids is 1. The minimum atomic E-state index is 0.147. The molecule has 1 amide bonds. The fourth-order valence-corrected chi connectivity index (χ4v) is 3.83. The summed E-state index contributed by atoms with van der Waals surface area (Å²) < 4.78 is 7.73. The molecule has 166 valence electrons. The largest absolute Gasteiger partial charge is 0.376 e. The first-order valence-corrected chi connectivity index (χ1v) is 11.1. The van der Waals surface area contributed by atoms with Gasteiger partial charge in [0.25, 0.3) is 0 Å². The van der Waals surface area contributed by atoms with Crippen LogP contribution in [0.1, 0.15) is 37.3 Å². The number of nitrogens with zero attached hydrogens (tertiary/aromatic N) is 6.